The van der Waals surface area contributed by atoms with Gasteiger partial charge in [0.2, 0.25) is 5.95 Å². The molecule has 19 heavy (non-hydrogen) atoms. The highest BCUT2D eigenvalue weighted by molar-refractivity contribution is 5.86. The molecule has 3 heterocycles. The molecule has 0 spiro atoms. The number of anilines is 2. The molecule has 2 N–H and O–H groups in total. The Morgan fingerprint density at radius 3 is 2.74 bits per heavy atom. The van der Waals surface area contributed by atoms with Crippen LogP contribution in [0.25, 0.3) is 11.0 Å². The number of likely N-dealkylation sites (N-methyl/N-ethyl adjacent to an activating group) is 1. The zero-order valence-corrected chi connectivity index (χ0v) is 11.1. The molecule has 0 radical (unpaired) electrons. The quantitative estimate of drug-likeness (QED) is 0.857. The third kappa shape index (κ3) is 2.31. The van der Waals surface area contributed by atoms with Crippen LogP contribution in [-0.2, 0) is 0 Å². The Morgan fingerprint density at radius 2 is 2.00 bits per heavy atom. The van der Waals surface area contributed by atoms with Gasteiger partial charge in [-0.2, -0.15) is 9.97 Å². The van der Waals surface area contributed by atoms with Gasteiger partial charge in [-0.3, -0.25) is 0 Å². The van der Waals surface area contributed by atoms with E-state index in [9.17, 15) is 0 Å². The smallest absolute Gasteiger partial charge is 0.229 e. The van der Waals surface area contributed by atoms with Gasteiger partial charge in [0, 0.05) is 32.4 Å². The van der Waals surface area contributed by atoms with Crippen LogP contribution in [0.1, 0.15) is 6.92 Å². The van der Waals surface area contributed by atoms with Crippen molar-refractivity contribution in [1.82, 2.24) is 19.9 Å². The number of fused-ring (bicyclic) bond motifs is 1. The summed E-state index contributed by atoms with van der Waals surface area (Å²) in [5.74, 6) is 1.20. The molecule has 0 atom stereocenters. The van der Waals surface area contributed by atoms with Crippen molar-refractivity contribution >= 4 is 22.8 Å². The van der Waals surface area contributed by atoms with Crippen LogP contribution in [0.2, 0.25) is 0 Å². The van der Waals surface area contributed by atoms with E-state index in [2.05, 4.69) is 31.7 Å². The standard InChI is InChI=1S/C13H18N6/c1-2-18-6-8-19(9-7-18)13-16-11(14)10-4-3-5-15-12(10)17-13/h3-5H,2,6-9H2,1H3,(H2,14,15,16,17). The van der Waals surface area contributed by atoms with Crippen molar-refractivity contribution in [3.05, 3.63) is 18.3 Å². The molecule has 2 aromatic rings. The van der Waals surface area contributed by atoms with E-state index in [1.807, 2.05) is 12.1 Å². The summed E-state index contributed by atoms with van der Waals surface area (Å²) in [5, 5.41) is 0.818. The largest absolute Gasteiger partial charge is 0.383 e. The van der Waals surface area contributed by atoms with Crippen molar-refractivity contribution in [1.29, 1.82) is 0 Å². The van der Waals surface area contributed by atoms with Crippen molar-refractivity contribution < 1.29 is 0 Å². The molecule has 2 aromatic heterocycles. The second-order valence-electron chi connectivity index (χ2n) is 4.70. The number of nitrogen functional groups attached to an aromatic ring is 1. The van der Waals surface area contributed by atoms with Crippen LogP contribution < -0.4 is 10.6 Å². The molecule has 1 saturated heterocycles. The van der Waals surface area contributed by atoms with Gasteiger partial charge in [0.15, 0.2) is 5.65 Å². The van der Waals surface area contributed by atoms with Crippen LogP contribution in [0.5, 0.6) is 0 Å². The Hall–Kier alpha value is -1.95. The molecule has 0 saturated carbocycles. The van der Waals surface area contributed by atoms with Gasteiger partial charge in [0.1, 0.15) is 5.82 Å². The number of hydrogen-bond acceptors (Lipinski definition) is 6. The Morgan fingerprint density at radius 1 is 1.21 bits per heavy atom. The summed E-state index contributed by atoms with van der Waals surface area (Å²) in [6, 6.07) is 3.75. The number of piperazine rings is 1. The lowest BCUT2D eigenvalue weighted by Crippen LogP contribution is -2.46. The summed E-state index contributed by atoms with van der Waals surface area (Å²) in [4.78, 5) is 17.8. The lowest BCUT2D eigenvalue weighted by Gasteiger charge is -2.34. The van der Waals surface area contributed by atoms with Crippen molar-refractivity contribution in [3.8, 4) is 0 Å². The van der Waals surface area contributed by atoms with Crippen molar-refractivity contribution in [2.75, 3.05) is 43.4 Å². The summed E-state index contributed by atoms with van der Waals surface area (Å²) in [5.41, 5.74) is 6.66. The molecule has 1 fully saturated rings. The molecule has 0 aromatic carbocycles. The maximum absolute atomic E-state index is 5.99. The fraction of sp³-hybridized carbons (Fsp3) is 0.462. The maximum atomic E-state index is 5.99. The van der Waals surface area contributed by atoms with E-state index in [1.54, 1.807) is 6.20 Å². The first-order chi connectivity index (χ1) is 9.28. The molecule has 0 amide bonds. The average molecular weight is 258 g/mol. The van der Waals surface area contributed by atoms with Crippen molar-refractivity contribution in [3.63, 3.8) is 0 Å². The molecule has 0 aliphatic carbocycles. The Kier molecular flexibility index (Phi) is 3.16. The van der Waals surface area contributed by atoms with E-state index in [4.69, 9.17) is 5.73 Å². The monoisotopic (exact) mass is 258 g/mol. The van der Waals surface area contributed by atoms with Crippen molar-refractivity contribution in [2.45, 2.75) is 6.92 Å². The second kappa shape index (κ2) is 4.97. The SMILES string of the molecule is CCN1CCN(c2nc(N)c3cccnc3n2)CC1. The molecule has 6 heteroatoms. The van der Waals surface area contributed by atoms with Crippen LogP contribution in [0.15, 0.2) is 18.3 Å². The van der Waals surface area contributed by atoms with E-state index >= 15 is 0 Å². The zero-order valence-electron chi connectivity index (χ0n) is 11.1. The van der Waals surface area contributed by atoms with Crippen LogP contribution in [0.3, 0.4) is 0 Å². The van der Waals surface area contributed by atoms with E-state index in [0.717, 1.165) is 38.1 Å². The normalized spacial score (nSPS) is 17.0. The summed E-state index contributed by atoms with van der Waals surface area (Å²) in [6.07, 6.45) is 1.73. The first kappa shape index (κ1) is 12.1. The van der Waals surface area contributed by atoms with Gasteiger partial charge in [0.25, 0.3) is 0 Å². The molecule has 6 nitrogen and oxygen atoms in total. The number of nitrogens with two attached hydrogens (primary N) is 1. The minimum absolute atomic E-state index is 0.506. The summed E-state index contributed by atoms with van der Waals surface area (Å²) < 4.78 is 0. The number of hydrogen-bond donors (Lipinski definition) is 1. The van der Waals surface area contributed by atoms with Gasteiger partial charge < -0.3 is 15.5 Å². The van der Waals surface area contributed by atoms with E-state index in [0.29, 0.717) is 17.4 Å². The fourth-order valence-electron chi connectivity index (χ4n) is 2.38. The highest BCUT2D eigenvalue weighted by atomic mass is 15.3. The van der Waals surface area contributed by atoms with Gasteiger partial charge in [-0.25, -0.2) is 4.98 Å². The number of rotatable bonds is 2. The van der Waals surface area contributed by atoms with Gasteiger partial charge in [-0.1, -0.05) is 6.92 Å². The minimum Gasteiger partial charge on any atom is -0.383 e. The Labute approximate surface area is 112 Å². The van der Waals surface area contributed by atoms with Gasteiger partial charge in [-0.05, 0) is 18.7 Å². The first-order valence-electron chi connectivity index (χ1n) is 6.63. The van der Waals surface area contributed by atoms with Gasteiger partial charge >= 0.3 is 0 Å². The van der Waals surface area contributed by atoms with Gasteiger partial charge in [0.05, 0.1) is 5.39 Å². The minimum atomic E-state index is 0.506. The Balaban J connectivity index is 1.89. The lowest BCUT2D eigenvalue weighted by molar-refractivity contribution is 0.270. The molecule has 1 aliphatic heterocycles. The predicted molar refractivity (Wildman–Crippen MR) is 76.1 cm³/mol. The Bertz CT molecular complexity index is 576. The summed E-state index contributed by atoms with van der Waals surface area (Å²) >= 11 is 0. The maximum Gasteiger partial charge on any atom is 0.229 e. The first-order valence-corrected chi connectivity index (χ1v) is 6.63. The van der Waals surface area contributed by atoms with Crippen LogP contribution >= 0.6 is 0 Å². The molecular weight excluding hydrogens is 240 g/mol. The second-order valence-corrected chi connectivity index (χ2v) is 4.70. The third-order valence-corrected chi connectivity index (χ3v) is 3.59. The summed E-state index contributed by atoms with van der Waals surface area (Å²) in [7, 11) is 0. The molecule has 0 bridgehead atoms. The number of aromatic nitrogens is 3. The number of nitrogens with zero attached hydrogens (tertiary/aromatic N) is 5. The molecule has 1 aliphatic rings. The topological polar surface area (TPSA) is 71.2 Å². The highest BCUT2D eigenvalue weighted by Gasteiger charge is 2.19. The summed E-state index contributed by atoms with van der Waals surface area (Å²) in [6.45, 7) is 7.23. The van der Waals surface area contributed by atoms with E-state index in [1.165, 1.54) is 0 Å². The molecular formula is C13H18N6. The van der Waals surface area contributed by atoms with E-state index < -0.39 is 0 Å². The number of pyridine rings is 1. The van der Waals surface area contributed by atoms with Crippen LogP contribution in [0, 0.1) is 0 Å². The third-order valence-electron chi connectivity index (χ3n) is 3.59. The molecule has 0 unspecified atom stereocenters. The van der Waals surface area contributed by atoms with Crippen LogP contribution in [0.4, 0.5) is 11.8 Å². The molecule has 3 rings (SSSR count). The average Bonchev–Trinajstić information content (AvgIpc) is 2.47. The van der Waals surface area contributed by atoms with E-state index in [-0.39, 0.29) is 0 Å². The fourth-order valence-corrected chi connectivity index (χ4v) is 2.38. The van der Waals surface area contributed by atoms with Crippen molar-refractivity contribution in [2.24, 2.45) is 0 Å². The molecule has 100 valence electrons. The zero-order chi connectivity index (χ0) is 13.2. The van der Waals surface area contributed by atoms with Gasteiger partial charge in [-0.15, -0.1) is 0 Å². The van der Waals surface area contributed by atoms with Crippen LogP contribution in [-0.4, -0.2) is 52.6 Å². The predicted octanol–water partition coefficient (Wildman–Crippen LogP) is 0.749. The lowest BCUT2D eigenvalue weighted by atomic mass is 10.3. The highest BCUT2D eigenvalue weighted by Crippen LogP contribution is 2.20.